The standard InChI is InChI=1S/C39H69O8P/c1-3-5-7-9-11-13-15-17-19-21-23-25-27-29-31-33-38(40)45-35-37(36-46-48(42,43)44)47-39(41)34-32-30-28-26-24-22-20-18-16-14-12-10-8-6-4-2/h17-20,23-26,37H,3-16,21-22,27-36H2,1-2H3,(H2,42,43,44)/b19-17+,20-18+,25-23+,26-24+/t37-/m1/s1. The molecule has 0 saturated heterocycles. The van der Waals surface area contributed by atoms with Crippen LogP contribution < -0.4 is 0 Å². The fourth-order valence-electron chi connectivity index (χ4n) is 4.96. The molecule has 0 fully saturated rings. The van der Waals surface area contributed by atoms with E-state index >= 15 is 0 Å². The Morgan fingerprint density at radius 2 is 0.938 bits per heavy atom. The van der Waals surface area contributed by atoms with Gasteiger partial charge in [0.05, 0.1) is 6.61 Å². The molecule has 0 aromatic carbocycles. The first kappa shape index (κ1) is 46.0. The van der Waals surface area contributed by atoms with Gasteiger partial charge in [-0.3, -0.25) is 14.1 Å². The fraction of sp³-hybridized carbons (Fsp3) is 0.744. The van der Waals surface area contributed by atoms with E-state index in [0.29, 0.717) is 12.8 Å². The number of phosphoric ester groups is 1. The average Bonchev–Trinajstić information content (AvgIpc) is 3.05. The van der Waals surface area contributed by atoms with E-state index in [1.54, 1.807) is 0 Å². The zero-order valence-corrected chi connectivity index (χ0v) is 31.3. The van der Waals surface area contributed by atoms with Gasteiger partial charge in [-0.25, -0.2) is 4.57 Å². The summed E-state index contributed by atoms with van der Waals surface area (Å²) in [6.45, 7) is 3.60. The van der Waals surface area contributed by atoms with Crippen LogP contribution >= 0.6 is 7.82 Å². The van der Waals surface area contributed by atoms with E-state index in [-0.39, 0.29) is 19.4 Å². The molecule has 2 N–H and O–H groups in total. The fourth-order valence-corrected chi connectivity index (χ4v) is 5.32. The van der Waals surface area contributed by atoms with Crippen molar-refractivity contribution in [2.45, 2.75) is 174 Å². The molecule has 0 spiro atoms. The predicted molar refractivity (Wildman–Crippen MR) is 198 cm³/mol. The molecule has 0 aromatic heterocycles. The van der Waals surface area contributed by atoms with Crippen molar-refractivity contribution in [3.63, 3.8) is 0 Å². The van der Waals surface area contributed by atoms with Crippen LogP contribution in [-0.4, -0.2) is 41.0 Å². The first-order chi connectivity index (χ1) is 23.3. The van der Waals surface area contributed by atoms with E-state index in [0.717, 1.165) is 51.4 Å². The first-order valence-corrected chi connectivity index (χ1v) is 20.5. The Morgan fingerprint density at radius 1 is 0.542 bits per heavy atom. The summed E-state index contributed by atoms with van der Waals surface area (Å²) in [5, 5.41) is 0. The number of esters is 2. The highest BCUT2D eigenvalue weighted by Crippen LogP contribution is 2.36. The highest BCUT2D eigenvalue weighted by Gasteiger charge is 2.22. The van der Waals surface area contributed by atoms with Crippen LogP contribution in [0.3, 0.4) is 0 Å². The molecule has 278 valence electrons. The van der Waals surface area contributed by atoms with Crippen molar-refractivity contribution in [1.29, 1.82) is 0 Å². The zero-order chi connectivity index (χ0) is 35.4. The van der Waals surface area contributed by atoms with Crippen LogP contribution in [-0.2, 0) is 28.2 Å². The number of phosphoric acid groups is 1. The van der Waals surface area contributed by atoms with Gasteiger partial charge in [-0.2, -0.15) is 0 Å². The minimum absolute atomic E-state index is 0.161. The summed E-state index contributed by atoms with van der Waals surface area (Å²) in [6.07, 6.45) is 41.2. The van der Waals surface area contributed by atoms with Gasteiger partial charge in [0, 0.05) is 12.8 Å². The quantitative estimate of drug-likeness (QED) is 0.0295. The Labute approximate surface area is 293 Å². The van der Waals surface area contributed by atoms with Crippen LogP contribution in [0.15, 0.2) is 48.6 Å². The smallest absolute Gasteiger partial charge is 0.462 e. The monoisotopic (exact) mass is 696 g/mol. The minimum atomic E-state index is -4.77. The lowest BCUT2D eigenvalue weighted by Crippen LogP contribution is -2.29. The van der Waals surface area contributed by atoms with E-state index in [4.69, 9.17) is 19.3 Å². The summed E-state index contributed by atoms with van der Waals surface area (Å²) in [5.74, 6) is -0.964. The van der Waals surface area contributed by atoms with Gasteiger partial charge >= 0.3 is 19.8 Å². The molecule has 9 heteroatoms. The van der Waals surface area contributed by atoms with Crippen molar-refractivity contribution in [3.05, 3.63) is 48.6 Å². The summed E-state index contributed by atoms with van der Waals surface area (Å²) in [5.41, 5.74) is 0. The van der Waals surface area contributed by atoms with Gasteiger partial charge in [0.2, 0.25) is 0 Å². The van der Waals surface area contributed by atoms with Crippen molar-refractivity contribution < 1.29 is 37.9 Å². The van der Waals surface area contributed by atoms with Crippen molar-refractivity contribution in [2.24, 2.45) is 0 Å². The second-order valence-corrected chi connectivity index (χ2v) is 13.8. The van der Waals surface area contributed by atoms with Gasteiger partial charge in [-0.15, -0.1) is 0 Å². The van der Waals surface area contributed by atoms with E-state index < -0.39 is 32.5 Å². The van der Waals surface area contributed by atoms with E-state index in [1.165, 1.54) is 77.0 Å². The Kier molecular flexibility index (Phi) is 33.4. The van der Waals surface area contributed by atoms with Gasteiger partial charge in [0.1, 0.15) is 6.61 Å². The van der Waals surface area contributed by atoms with Crippen molar-refractivity contribution >= 4 is 19.8 Å². The van der Waals surface area contributed by atoms with E-state index in [9.17, 15) is 14.2 Å². The van der Waals surface area contributed by atoms with Gasteiger partial charge in [-0.1, -0.05) is 127 Å². The number of hydrogen-bond donors (Lipinski definition) is 2. The van der Waals surface area contributed by atoms with Gasteiger partial charge < -0.3 is 19.3 Å². The van der Waals surface area contributed by atoms with Crippen LogP contribution in [0, 0.1) is 0 Å². The second kappa shape index (κ2) is 34.9. The SMILES string of the molecule is CCCCCCCC/C=C/C/C=C/CCCCC(=O)OC[C@H](COP(=O)(O)O)OC(=O)CCCC/C=C/C/C=C/CCCCCCCC. The van der Waals surface area contributed by atoms with Crippen molar-refractivity contribution in [2.75, 3.05) is 13.2 Å². The Hall–Kier alpha value is -1.99. The highest BCUT2D eigenvalue weighted by molar-refractivity contribution is 7.46. The van der Waals surface area contributed by atoms with Gasteiger partial charge in [-0.05, 0) is 77.0 Å². The molecular weight excluding hydrogens is 627 g/mol. The predicted octanol–water partition coefficient (Wildman–Crippen LogP) is 11.2. The molecule has 0 radical (unpaired) electrons. The first-order valence-electron chi connectivity index (χ1n) is 18.9. The lowest BCUT2D eigenvalue weighted by Gasteiger charge is -2.18. The largest absolute Gasteiger partial charge is 0.469 e. The average molecular weight is 697 g/mol. The van der Waals surface area contributed by atoms with E-state index in [1.807, 2.05) is 0 Å². The molecule has 0 rings (SSSR count). The minimum Gasteiger partial charge on any atom is -0.462 e. The number of ether oxygens (including phenoxy) is 2. The summed E-state index contributed by atoms with van der Waals surface area (Å²) in [6, 6.07) is 0. The van der Waals surface area contributed by atoms with Crippen LogP contribution in [0.1, 0.15) is 168 Å². The third-order valence-corrected chi connectivity index (χ3v) is 8.31. The summed E-state index contributed by atoms with van der Waals surface area (Å²) in [7, 11) is -4.77. The molecule has 1 atom stereocenters. The van der Waals surface area contributed by atoms with Crippen LogP contribution in [0.5, 0.6) is 0 Å². The molecule has 0 amide bonds. The van der Waals surface area contributed by atoms with Crippen LogP contribution in [0.4, 0.5) is 0 Å². The van der Waals surface area contributed by atoms with Gasteiger partial charge in [0.15, 0.2) is 6.10 Å². The third-order valence-electron chi connectivity index (χ3n) is 7.82. The van der Waals surface area contributed by atoms with E-state index in [2.05, 4.69) is 67.0 Å². The Balaban J connectivity index is 4.09. The molecule has 0 aliphatic rings. The summed E-state index contributed by atoms with van der Waals surface area (Å²) < 4.78 is 26.2. The van der Waals surface area contributed by atoms with Crippen molar-refractivity contribution in [1.82, 2.24) is 0 Å². The molecule has 0 saturated carbocycles. The lowest BCUT2D eigenvalue weighted by atomic mass is 10.1. The Bertz CT molecular complexity index is 921. The second-order valence-electron chi connectivity index (χ2n) is 12.5. The van der Waals surface area contributed by atoms with Crippen molar-refractivity contribution in [3.8, 4) is 0 Å². The molecule has 0 aliphatic heterocycles. The molecule has 0 heterocycles. The maximum absolute atomic E-state index is 12.3. The number of rotatable bonds is 34. The molecule has 0 unspecified atom stereocenters. The molecule has 8 nitrogen and oxygen atoms in total. The number of unbranched alkanes of at least 4 members (excludes halogenated alkanes) is 16. The Morgan fingerprint density at radius 3 is 1.38 bits per heavy atom. The highest BCUT2D eigenvalue weighted by atomic mass is 31.2. The van der Waals surface area contributed by atoms with Crippen LogP contribution in [0.2, 0.25) is 0 Å². The normalized spacial score (nSPS) is 13.0. The molecule has 0 aliphatic carbocycles. The topological polar surface area (TPSA) is 119 Å². The third kappa shape index (κ3) is 36.8. The number of hydrogen-bond acceptors (Lipinski definition) is 6. The zero-order valence-electron chi connectivity index (χ0n) is 30.4. The molecule has 48 heavy (non-hydrogen) atoms. The number of carbonyl (C=O) groups excluding carboxylic acids is 2. The molecule has 0 bridgehead atoms. The number of carbonyl (C=O) groups is 2. The maximum Gasteiger partial charge on any atom is 0.469 e. The lowest BCUT2D eigenvalue weighted by molar-refractivity contribution is -0.161. The molecular formula is C39H69O8P. The summed E-state index contributed by atoms with van der Waals surface area (Å²) in [4.78, 5) is 42.6. The maximum atomic E-state index is 12.3. The number of allylic oxidation sites excluding steroid dienone is 8. The van der Waals surface area contributed by atoms with Crippen LogP contribution in [0.25, 0.3) is 0 Å². The molecule has 0 aromatic rings. The van der Waals surface area contributed by atoms with Gasteiger partial charge in [0.25, 0.3) is 0 Å². The summed E-state index contributed by atoms with van der Waals surface area (Å²) >= 11 is 0.